The lowest BCUT2D eigenvalue weighted by Crippen LogP contribution is -2.54. The van der Waals surface area contributed by atoms with E-state index in [9.17, 15) is 4.79 Å². The van der Waals surface area contributed by atoms with Crippen LogP contribution in [0.15, 0.2) is 18.2 Å². The summed E-state index contributed by atoms with van der Waals surface area (Å²) in [4.78, 5) is 14.0. The number of ether oxygens (including phenoxy) is 3. The molecule has 6 nitrogen and oxygen atoms in total. The molecule has 1 atom stereocenters. The number of amides is 1. The molecule has 1 aliphatic rings. The first kappa shape index (κ1) is 15.6. The van der Waals surface area contributed by atoms with Gasteiger partial charge in [-0.2, -0.15) is 0 Å². The van der Waals surface area contributed by atoms with E-state index in [0.29, 0.717) is 31.1 Å². The van der Waals surface area contributed by atoms with Crippen LogP contribution in [0.4, 0.5) is 0 Å². The van der Waals surface area contributed by atoms with Gasteiger partial charge in [-0.1, -0.05) is 6.07 Å². The Bertz CT molecular complexity index is 512. The first-order chi connectivity index (χ1) is 10.00. The standard InChI is InChI=1S/C15H22N2O4/c1-17(14(18)15(16)6-7-21-10-15)9-11-4-5-12(19-2)13(8-11)20-3/h4-5,8H,6-7,9-10,16H2,1-3H3. The summed E-state index contributed by atoms with van der Waals surface area (Å²) in [6.07, 6.45) is 0.558. The molecule has 1 aromatic rings. The van der Waals surface area contributed by atoms with Gasteiger partial charge >= 0.3 is 0 Å². The molecule has 1 aromatic carbocycles. The lowest BCUT2D eigenvalue weighted by Gasteiger charge is -2.27. The Kier molecular flexibility index (Phi) is 4.69. The molecule has 1 unspecified atom stereocenters. The molecule has 1 aliphatic heterocycles. The van der Waals surface area contributed by atoms with Gasteiger partial charge in [0.05, 0.1) is 20.8 Å². The first-order valence-electron chi connectivity index (χ1n) is 6.83. The van der Waals surface area contributed by atoms with E-state index < -0.39 is 5.54 Å². The third-order valence-electron chi connectivity index (χ3n) is 3.69. The van der Waals surface area contributed by atoms with Gasteiger partial charge in [0.2, 0.25) is 5.91 Å². The first-order valence-corrected chi connectivity index (χ1v) is 6.83. The summed E-state index contributed by atoms with van der Waals surface area (Å²) in [5.41, 5.74) is 6.15. The van der Waals surface area contributed by atoms with Crippen LogP contribution in [0, 0.1) is 0 Å². The molecule has 0 aromatic heterocycles. The third-order valence-corrected chi connectivity index (χ3v) is 3.69. The minimum atomic E-state index is -0.898. The number of nitrogens with zero attached hydrogens (tertiary/aromatic N) is 1. The molecule has 1 amide bonds. The number of nitrogens with two attached hydrogens (primary N) is 1. The average molecular weight is 294 g/mol. The predicted molar refractivity (Wildman–Crippen MR) is 78.4 cm³/mol. The third kappa shape index (κ3) is 3.28. The summed E-state index contributed by atoms with van der Waals surface area (Å²) in [5.74, 6) is 1.20. The van der Waals surface area contributed by atoms with Crippen LogP contribution in [0.3, 0.4) is 0 Å². The SMILES string of the molecule is COc1ccc(CN(C)C(=O)C2(N)CCOC2)cc1OC. The molecule has 2 rings (SSSR count). The maximum absolute atomic E-state index is 12.4. The lowest BCUT2D eigenvalue weighted by atomic mass is 9.98. The van der Waals surface area contributed by atoms with Crippen molar-refractivity contribution in [3.8, 4) is 11.5 Å². The van der Waals surface area contributed by atoms with Crippen molar-refractivity contribution in [2.45, 2.75) is 18.5 Å². The molecule has 1 fully saturated rings. The van der Waals surface area contributed by atoms with Gasteiger partial charge in [0.25, 0.3) is 0 Å². The normalized spacial score (nSPS) is 21.1. The van der Waals surface area contributed by atoms with Crippen molar-refractivity contribution in [3.05, 3.63) is 23.8 Å². The highest BCUT2D eigenvalue weighted by Crippen LogP contribution is 2.28. The average Bonchev–Trinajstić information content (AvgIpc) is 2.94. The summed E-state index contributed by atoms with van der Waals surface area (Å²) in [5, 5.41) is 0. The molecule has 0 aliphatic carbocycles. The summed E-state index contributed by atoms with van der Waals surface area (Å²) < 4.78 is 15.7. The van der Waals surface area contributed by atoms with Crippen LogP contribution in [0.5, 0.6) is 11.5 Å². The Balaban J connectivity index is 2.08. The van der Waals surface area contributed by atoms with Gasteiger partial charge < -0.3 is 24.8 Å². The maximum Gasteiger partial charge on any atom is 0.245 e. The van der Waals surface area contributed by atoms with E-state index in [1.807, 2.05) is 18.2 Å². The molecule has 0 radical (unpaired) electrons. The largest absolute Gasteiger partial charge is 0.493 e. The lowest BCUT2D eigenvalue weighted by molar-refractivity contribution is -0.136. The number of hydrogen-bond acceptors (Lipinski definition) is 5. The highest BCUT2D eigenvalue weighted by molar-refractivity contribution is 5.86. The summed E-state index contributed by atoms with van der Waals surface area (Å²) in [6.45, 7) is 1.27. The van der Waals surface area contributed by atoms with Crippen LogP contribution >= 0.6 is 0 Å². The molecule has 21 heavy (non-hydrogen) atoms. The van der Waals surface area contributed by atoms with Crippen molar-refractivity contribution < 1.29 is 19.0 Å². The molecule has 0 saturated carbocycles. The van der Waals surface area contributed by atoms with Crippen LogP contribution < -0.4 is 15.2 Å². The smallest absolute Gasteiger partial charge is 0.245 e. The van der Waals surface area contributed by atoms with Gasteiger partial charge in [-0.05, 0) is 24.1 Å². The number of methoxy groups -OCH3 is 2. The molecule has 0 bridgehead atoms. The van der Waals surface area contributed by atoms with Crippen molar-refractivity contribution in [1.29, 1.82) is 0 Å². The van der Waals surface area contributed by atoms with Crippen molar-refractivity contribution in [1.82, 2.24) is 4.90 Å². The number of hydrogen-bond donors (Lipinski definition) is 1. The number of rotatable bonds is 5. The Morgan fingerprint density at radius 2 is 2.10 bits per heavy atom. The predicted octanol–water partition coefficient (Wildman–Crippen LogP) is 0.780. The molecular weight excluding hydrogens is 272 g/mol. The second-order valence-electron chi connectivity index (χ2n) is 5.31. The van der Waals surface area contributed by atoms with Gasteiger partial charge in [-0.15, -0.1) is 0 Å². The zero-order valence-electron chi connectivity index (χ0n) is 12.7. The minimum absolute atomic E-state index is 0.102. The van der Waals surface area contributed by atoms with Gasteiger partial charge in [0.15, 0.2) is 11.5 Å². The van der Waals surface area contributed by atoms with Gasteiger partial charge in [-0.3, -0.25) is 4.79 Å². The van der Waals surface area contributed by atoms with E-state index in [-0.39, 0.29) is 12.5 Å². The van der Waals surface area contributed by atoms with E-state index in [1.165, 1.54) is 0 Å². The number of carbonyl (C=O) groups excluding carboxylic acids is 1. The highest BCUT2D eigenvalue weighted by atomic mass is 16.5. The van der Waals surface area contributed by atoms with Crippen LogP contribution in [-0.2, 0) is 16.1 Å². The van der Waals surface area contributed by atoms with Crippen LogP contribution in [0.1, 0.15) is 12.0 Å². The summed E-state index contributed by atoms with van der Waals surface area (Å²) in [6, 6.07) is 5.58. The fourth-order valence-corrected chi connectivity index (χ4v) is 2.45. The van der Waals surface area contributed by atoms with Crippen molar-refractivity contribution >= 4 is 5.91 Å². The summed E-state index contributed by atoms with van der Waals surface area (Å²) in [7, 11) is 4.92. The molecule has 116 valence electrons. The Morgan fingerprint density at radius 1 is 1.38 bits per heavy atom. The van der Waals surface area contributed by atoms with Crippen molar-refractivity contribution in [2.24, 2.45) is 5.73 Å². The number of benzene rings is 1. The quantitative estimate of drug-likeness (QED) is 0.868. The van der Waals surface area contributed by atoms with E-state index in [2.05, 4.69) is 0 Å². The van der Waals surface area contributed by atoms with Crippen molar-refractivity contribution in [3.63, 3.8) is 0 Å². The fraction of sp³-hybridized carbons (Fsp3) is 0.533. The molecule has 0 spiro atoms. The maximum atomic E-state index is 12.4. The Hall–Kier alpha value is -1.79. The fourth-order valence-electron chi connectivity index (χ4n) is 2.45. The number of carbonyl (C=O) groups is 1. The van der Waals surface area contributed by atoms with Crippen LogP contribution in [0.2, 0.25) is 0 Å². The van der Waals surface area contributed by atoms with Crippen molar-refractivity contribution in [2.75, 3.05) is 34.5 Å². The van der Waals surface area contributed by atoms with E-state index in [4.69, 9.17) is 19.9 Å². The monoisotopic (exact) mass is 294 g/mol. The second-order valence-corrected chi connectivity index (χ2v) is 5.31. The highest BCUT2D eigenvalue weighted by Gasteiger charge is 2.40. The van der Waals surface area contributed by atoms with Gasteiger partial charge in [0, 0.05) is 20.2 Å². The second kappa shape index (κ2) is 6.32. The van der Waals surface area contributed by atoms with Gasteiger partial charge in [0.1, 0.15) is 5.54 Å². The van der Waals surface area contributed by atoms with Crippen LogP contribution in [-0.4, -0.2) is 50.8 Å². The molecular formula is C15H22N2O4. The molecule has 6 heteroatoms. The van der Waals surface area contributed by atoms with Gasteiger partial charge in [-0.25, -0.2) is 0 Å². The zero-order valence-corrected chi connectivity index (χ0v) is 12.7. The topological polar surface area (TPSA) is 74.0 Å². The summed E-state index contributed by atoms with van der Waals surface area (Å²) >= 11 is 0. The van der Waals surface area contributed by atoms with E-state index in [1.54, 1.807) is 26.2 Å². The van der Waals surface area contributed by atoms with E-state index >= 15 is 0 Å². The molecule has 1 heterocycles. The van der Waals surface area contributed by atoms with E-state index in [0.717, 1.165) is 5.56 Å². The number of likely N-dealkylation sites (N-methyl/N-ethyl adjacent to an activating group) is 1. The van der Waals surface area contributed by atoms with Crippen LogP contribution in [0.25, 0.3) is 0 Å². The molecule has 1 saturated heterocycles. The molecule has 2 N–H and O–H groups in total. The Labute approximate surface area is 124 Å². The minimum Gasteiger partial charge on any atom is -0.493 e. The zero-order chi connectivity index (χ0) is 15.5. The Morgan fingerprint density at radius 3 is 2.67 bits per heavy atom.